The Morgan fingerprint density at radius 1 is 1.40 bits per heavy atom. The number of urea groups is 1. The molecule has 0 aliphatic heterocycles. The zero-order chi connectivity index (χ0) is 18.1. The van der Waals surface area contributed by atoms with Gasteiger partial charge in [0.15, 0.2) is 0 Å². The lowest BCUT2D eigenvalue weighted by Crippen LogP contribution is -2.41. The number of nitrogens with zero attached hydrogens (tertiary/aromatic N) is 2. The molecular formula is C18H25N3O3S. The van der Waals surface area contributed by atoms with Gasteiger partial charge in [-0.15, -0.1) is 11.3 Å². The lowest BCUT2D eigenvalue weighted by Gasteiger charge is -2.21. The number of carbonyl (C=O) groups excluding carboxylic acids is 1. The maximum absolute atomic E-state index is 12.1. The van der Waals surface area contributed by atoms with E-state index < -0.39 is 0 Å². The first-order valence-electron chi connectivity index (χ1n) is 8.26. The molecule has 2 amide bonds. The van der Waals surface area contributed by atoms with Crippen LogP contribution in [0.5, 0.6) is 5.75 Å². The molecule has 0 fully saturated rings. The summed E-state index contributed by atoms with van der Waals surface area (Å²) in [5.41, 5.74) is 2.02. The molecule has 2 rings (SSSR count). The standard InChI is InChI=1S/C18H25N3O3S/c1-4-19-18(22)21(8-9-23-3)11-15-13-25-17(20-15)12-24-16-7-5-6-14(2)10-16/h5-7,10,13H,4,8-9,11-12H2,1-3H3,(H,19,22). The first-order chi connectivity index (χ1) is 12.1. The summed E-state index contributed by atoms with van der Waals surface area (Å²) in [7, 11) is 1.62. The van der Waals surface area contributed by atoms with Gasteiger partial charge in [-0.2, -0.15) is 0 Å². The van der Waals surface area contributed by atoms with E-state index in [0.29, 0.717) is 32.8 Å². The zero-order valence-electron chi connectivity index (χ0n) is 14.9. The van der Waals surface area contributed by atoms with Crippen molar-refractivity contribution in [1.29, 1.82) is 0 Å². The van der Waals surface area contributed by atoms with Crippen LogP contribution in [0.15, 0.2) is 29.6 Å². The second-order valence-corrected chi connectivity index (χ2v) is 6.53. The third kappa shape index (κ3) is 6.36. The average Bonchev–Trinajstić information content (AvgIpc) is 3.04. The molecule has 25 heavy (non-hydrogen) atoms. The molecule has 136 valence electrons. The van der Waals surface area contributed by atoms with Gasteiger partial charge in [-0.3, -0.25) is 0 Å². The third-order valence-corrected chi connectivity index (χ3v) is 4.36. The van der Waals surface area contributed by atoms with Crippen molar-refractivity contribution in [3.63, 3.8) is 0 Å². The Balaban J connectivity index is 1.92. The predicted octanol–water partition coefficient (Wildman–Crippen LogP) is 3.21. The summed E-state index contributed by atoms with van der Waals surface area (Å²) in [6, 6.07) is 7.83. The molecule has 0 aliphatic rings. The van der Waals surface area contributed by atoms with Crippen LogP contribution in [0.3, 0.4) is 0 Å². The summed E-state index contributed by atoms with van der Waals surface area (Å²) in [6.45, 7) is 6.42. The molecule has 0 atom stereocenters. The maximum atomic E-state index is 12.1. The second-order valence-electron chi connectivity index (χ2n) is 5.59. The quantitative estimate of drug-likeness (QED) is 0.743. The number of thiazole rings is 1. The summed E-state index contributed by atoms with van der Waals surface area (Å²) in [5, 5.41) is 5.67. The Hall–Kier alpha value is -2.12. The van der Waals surface area contributed by atoms with E-state index in [-0.39, 0.29) is 6.03 Å². The van der Waals surface area contributed by atoms with Crippen molar-refractivity contribution in [1.82, 2.24) is 15.2 Å². The fourth-order valence-electron chi connectivity index (χ4n) is 2.25. The minimum Gasteiger partial charge on any atom is -0.486 e. The summed E-state index contributed by atoms with van der Waals surface area (Å²) in [6.07, 6.45) is 0. The Kier molecular flexibility index (Phi) is 7.69. The monoisotopic (exact) mass is 363 g/mol. The SMILES string of the molecule is CCNC(=O)N(CCOC)Cc1csc(COc2cccc(C)c2)n1. The topological polar surface area (TPSA) is 63.7 Å². The van der Waals surface area contributed by atoms with E-state index in [1.165, 1.54) is 11.3 Å². The highest BCUT2D eigenvalue weighted by atomic mass is 32.1. The summed E-state index contributed by atoms with van der Waals surface area (Å²) < 4.78 is 10.9. The molecule has 2 aromatic rings. The molecule has 1 N–H and O–H groups in total. The molecule has 0 unspecified atom stereocenters. The van der Waals surface area contributed by atoms with Crippen molar-refractivity contribution in [2.45, 2.75) is 27.0 Å². The summed E-state index contributed by atoms with van der Waals surface area (Å²) in [4.78, 5) is 18.4. The van der Waals surface area contributed by atoms with Crippen molar-refractivity contribution in [2.24, 2.45) is 0 Å². The lowest BCUT2D eigenvalue weighted by molar-refractivity contribution is 0.146. The van der Waals surface area contributed by atoms with E-state index in [2.05, 4.69) is 10.3 Å². The van der Waals surface area contributed by atoms with E-state index in [1.54, 1.807) is 12.0 Å². The van der Waals surface area contributed by atoms with Crippen molar-refractivity contribution >= 4 is 17.4 Å². The van der Waals surface area contributed by atoms with Gasteiger partial charge < -0.3 is 19.7 Å². The highest BCUT2D eigenvalue weighted by Crippen LogP contribution is 2.17. The molecule has 0 aliphatic carbocycles. The number of methoxy groups -OCH3 is 1. The molecular weight excluding hydrogens is 338 g/mol. The molecule has 1 aromatic carbocycles. The number of hydrogen-bond donors (Lipinski definition) is 1. The highest BCUT2D eigenvalue weighted by molar-refractivity contribution is 7.09. The van der Waals surface area contributed by atoms with Crippen molar-refractivity contribution < 1.29 is 14.3 Å². The normalized spacial score (nSPS) is 10.5. The molecule has 0 spiro atoms. The van der Waals surface area contributed by atoms with Gasteiger partial charge in [0.1, 0.15) is 17.4 Å². The first-order valence-corrected chi connectivity index (χ1v) is 9.14. The van der Waals surface area contributed by atoms with Crippen molar-refractivity contribution in [2.75, 3.05) is 26.8 Å². The number of carbonyl (C=O) groups is 1. The Bertz CT molecular complexity index is 675. The van der Waals surface area contributed by atoms with Crippen molar-refractivity contribution in [3.8, 4) is 5.75 Å². The van der Waals surface area contributed by atoms with Crippen LogP contribution in [0.2, 0.25) is 0 Å². The number of amides is 2. The van der Waals surface area contributed by atoms with Crippen LogP contribution >= 0.6 is 11.3 Å². The predicted molar refractivity (Wildman–Crippen MR) is 99.0 cm³/mol. The second kappa shape index (κ2) is 10.0. The maximum Gasteiger partial charge on any atom is 0.317 e. The summed E-state index contributed by atoms with van der Waals surface area (Å²) >= 11 is 1.54. The van der Waals surface area contributed by atoms with E-state index >= 15 is 0 Å². The van der Waals surface area contributed by atoms with E-state index in [0.717, 1.165) is 22.0 Å². The number of rotatable bonds is 9. The van der Waals surface area contributed by atoms with Gasteiger partial charge in [-0.05, 0) is 31.5 Å². The van der Waals surface area contributed by atoms with Gasteiger partial charge >= 0.3 is 6.03 Å². The van der Waals surface area contributed by atoms with Gasteiger partial charge in [0.05, 0.1) is 18.8 Å². The van der Waals surface area contributed by atoms with E-state index in [4.69, 9.17) is 9.47 Å². The molecule has 0 saturated carbocycles. The number of nitrogens with one attached hydrogen (secondary N) is 1. The van der Waals surface area contributed by atoms with Crippen LogP contribution in [0, 0.1) is 6.92 Å². The molecule has 0 radical (unpaired) electrons. The first kappa shape index (κ1) is 19.2. The molecule has 1 heterocycles. The van der Waals surface area contributed by atoms with Crippen LogP contribution in [0.4, 0.5) is 4.79 Å². The summed E-state index contributed by atoms with van der Waals surface area (Å²) in [5.74, 6) is 0.834. The van der Waals surface area contributed by atoms with Gasteiger partial charge in [0.25, 0.3) is 0 Å². The Morgan fingerprint density at radius 3 is 2.96 bits per heavy atom. The smallest absolute Gasteiger partial charge is 0.317 e. The van der Waals surface area contributed by atoms with Crippen LogP contribution in [-0.2, 0) is 17.9 Å². The average molecular weight is 363 g/mol. The van der Waals surface area contributed by atoms with Gasteiger partial charge in [-0.25, -0.2) is 9.78 Å². The lowest BCUT2D eigenvalue weighted by atomic mass is 10.2. The minimum atomic E-state index is -0.106. The molecule has 1 aromatic heterocycles. The largest absolute Gasteiger partial charge is 0.486 e. The van der Waals surface area contributed by atoms with Gasteiger partial charge in [0, 0.05) is 25.6 Å². The van der Waals surface area contributed by atoms with Gasteiger partial charge in [-0.1, -0.05) is 12.1 Å². The third-order valence-electron chi connectivity index (χ3n) is 3.48. The van der Waals surface area contributed by atoms with Crippen LogP contribution < -0.4 is 10.1 Å². The van der Waals surface area contributed by atoms with Crippen LogP contribution in [0.1, 0.15) is 23.2 Å². The Morgan fingerprint density at radius 2 is 2.24 bits per heavy atom. The Labute approximate surface area is 152 Å². The van der Waals surface area contributed by atoms with Crippen LogP contribution in [-0.4, -0.2) is 42.7 Å². The number of hydrogen-bond acceptors (Lipinski definition) is 5. The fraction of sp³-hybridized carbons (Fsp3) is 0.444. The molecule has 0 saturated heterocycles. The zero-order valence-corrected chi connectivity index (χ0v) is 15.8. The minimum absolute atomic E-state index is 0.106. The van der Waals surface area contributed by atoms with Crippen molar-refractivity contribution in [3.05, 3.63) is 45.9 Å². The van der Waals surface area contributed by atoms with Crippen LogP contribution in [0.25, 0.3) is 0 Å². The number of benzene rings is 1. The molecule has 7 heteroatoms. The highest BCUT2D eigenvalue weighted by Gasteiger charge is 2.14. The van der Waals surface area contributed by atoms with E-state index in [1.807, 2.05) is 43.5 Å². The number of aryl methyl sites for hydroxylation is 1. The fourth-order valence-corrected chi connectivity index (χ4v) is 2.95. The number of ether oxygens (including phenoxy) is 2. The van der Waals surface area contributed by atoms with Gasteiger partial charge in [0.2, 0.25) is 0 Å². The van der Waals surface area contributed by atoms with E-state index in [9.17, 15) is 4.79 Å². The molecule has 0 bridgehead atoms. The number of aromatic nitrogens is 1. The molecule has 6 nitrogen and oxygen atoms in total.